The predicted molar refractivity (Wildman–Crippen MR) is 103 cm³/mol. The summed E-state index contributed by atoms with van der Waals surface area (Å²) in [4.78, 5) is 23.0. The van der Waals surface area contributed by atoms with Crippen molar-refractivity contribution in [2.75, 3.05) is 0 Å². The molecular weight excluding hydrogens is 340 g/mol. The molecule has 0 radical (unpaired) electrons. The topological polar surface area (TPSA) is 74.6 Å². The van der Waals surface area contributed by atoms with Gasteiger partial charge < -0.3 is 10.2 Å². The molecule has 0 aliphatic heterocycles. The number of carbonyl (C=O) groups is 2. The summed E-state index contributed by atoms with van der Waals surface area (Å²) in [6, 6.07) is 0. The number of allylic oxidation sites excluding steroid dienone is 2. The SMILES string of the molecule is C=C1C[C@@H]2[C@H](CC[C@@]3(CC)[C@H]2CC[C@@]3(O)/C=C\C(=O)O)[C@H]2CCC(=O)C=C12. The fraction of sp³-hybridized carbons (Fsp3) is 0.652. The molecule has 0 unspecified atom stereocenters. The molecule has 0 bridgehead atoms. The second kappa shape index (κ2) is 6.44. The first-order chi connectivity index (χ1) is 12.8. The number of carbonyl (C=O) groups excluding carboxylic acids is 1. The Balaban J connectivity index is 1.69. The highest BCUT2D eigenvalue weighted by Gasteiger charge is 2.63. The van der Waals surface area contributed by atoms with Crippen molar-refractivity contribution in [1.29, 1.82) is 0 Å². The van der Waals surface area contributed by atoms with Crippen LogP contribution in [-0.4, -0.2) is 27.6 Å². The molecule has 6 atom stereocenters. The maximum Gasteiger partial charge on any atom is 0.328 e. The Bertz CT molecular complexity index is 747. The number of carboxylic acids is 1. The van der Waals surface area contributed by atoms with E-state index >= 15 is 0 Å². The summed E-state index contributed by atoms with van der Waals surface area (Å²) in [5.41, 5.74) is 1.02. The van der Waals surface area contributed by atoms with E-state index in [1.54, 1.807) is 6.08 Å². The van der Waals surface area contributed by atoms with Gasteiger partial charge in [0, 0.05) is 17.9 Å². The summed E-state index contributed by atoms with van der Waals surface area (Å²) in [5, 5.41) is 20.6. The van der Waals surface area contributed by atoms with Gasteiger partial charge in [-0.15, -0.1) is 0 Å². The van der Waals surface area contributed by atoms with Gasteiger partial charge >= 0.3 is 5.97 Å². The fourth-order valence-corrected chi connectivity index (χ4v) is 7.20. The quantitative estimate of drug-likeness (QED) is 0.735. The number of carboxylic acid groups (broad SMARTS) is 1. The first-order valence-electron chi connectivity index (χ1n) is 10.4. The van der Waals surface area contributed by atoms with Gasteiger partial charge in [0.1, 0.15) is 0 Å². The van der Waals surface area contributed by atoms with Gasteiger partial charge in [-0.25, -0.2) is 4.79 Å². The number of fused-ring (bicyclic) bond motifs is 5. The molecule has 4 nitrogen and oxygen atoms in total. The van der Waals surface area contributed by atoms with Gasteiger partial charge in [-0.3, -0.25) is 4.79 Å². The van der Waals surface area contributed by atoms with Gasteiger partial charge in [-0.05, 0) is 86.3 Å². The molecule has 4 aliphatic rings. The highest BCUT2D eigenvalue weighted by atomic mass is 16.4. The normalized spacial score (nSPS) is 43.9. The van der Waals surface area contributed by atoms with Crippen LogP contribution in [0.1, 0.15) is 58.3 Å². The average molecular weight is 370 g/mol. The Hall–Kier alpha value is -1.68. The minimum absolute atomic E-state index is 0.230. The van der Waals surface area contributed by atoms with Crippen LogP contribution in [-0.2, 0) is 9.59 Å². The molecule has 4 rings (SSSR count). The smallest absolute Gasteiger partial charge is 0.328 e. The van der Waals surface area contributed by atoms with Crippen molar-refractivity contribution in [3.63, 3.8) is 0 Å². The number of aliphatic carboxylic acids is 1. The summed E-state index contributed by atoms with van der Waals surface area (Å²) in [6.45, 7) is 6.45. The number of hydrogen-bond acceptors (Lipinski definition) is 3. The zero-order chi connectivity index (χ0) is 19.4. The lowest BCUT2D eigenvalue weighted by Gasteiger charge is -2.56. The molecule has 2 N–H and O–H groups in total. The molecule has 3 fully saturated rings. The third-order valence-electron chi connectivity index (χ3n) is 8.36. The fourth-order valence-electron chi connectivity index (χ4n) is 7.20. The van der Waals surface area contributed by atoms with Crippen LogP contribution >= 0.6 is 0 Å². The predicted octanol–water partition coefficient (Wildman–Crippen LogP) is 4.06. The van der Waals surface area contributed by atoms with E-state index < -0.39 is 11.6 Å². The third-order valence-corrected chi connectivity index (χ3v) is 8.36. The van der Waals surface area contributed by atoms with Gasteiger partial charge in [0.25, 0.3) is 0 Å². The molecule has 0 aromatic heterocycles. The lowest BCUT2D eigenvalue weighted by molar-refractivity contribution is -0.132. The molecule has 0 heterocycles. The van der Waals surface area contributed by atoms with Crippen LogP contribution in [0.5, 0.6) is 0 Å². The van der Waals surface area contributed by atoms with Gasteiger partial charge in [0.15, 0.2) is 5.78 Å². The van der Waals surface area contributed by atoms with E-state index in [2.05, 4.69) is 13.5 Å². The van der Waals surface area contributed by atoms with E-state index in [9.17, 15) is 14.7 Å². The Labute approximate surface area is 161 Å². The van der Waals surface area contributed by atoms with Crippen molar-refractivity contribution < 1.29 is 19.8 Å². The van der Waals surface area contributed by atoms with Crippen molar-refractivity contribution in [2.45, 2.75) is 63.9 Å². The number of aliphatic hydroxyl groups is 1. The molecule has 4 aliphatic carbocycles. The van der Waals surface area contributed by atoms with Crippen LogP contribution in [0.4, 0.5) is 0 Å². The molecule has 3 saturated carbocycles. The standard InChI is InChI=1S/C23H30O4/c1-3-22-9-6-17-16-5-4-15(24)13-18(16)14(2)12-19(17)20(22)7-10-23(22,27)11-8-21(25)26/h8,11,13,16-17,19-20,27H,2-7,9-10,12H2,1H3,(H,25,26)/b11-8-/t16-,17-,19-,20+,22+,23-/m1/s1. The summed E-state index contributed by atoms with van der Waals surface area (Å²) >= 11 is 0. The first kappa shape index (κ1) is 18.7. The minimum Gasteiger partial charge on any atom is -0.478 e. The second-order valence-corrected chi connectivity index (χ2v) is 9.14. The van der Waals surface area contributed by atoms with E-state index in [4.69, 9.17) is 5.11 Å². The van der Waals surface area contributed by atoms with Crippen LogP contribution in [0, 0.1) is 29.1 Å². The molecule has 146 valence electrons. The van der Waals surface area contributed by atoms with Crippen LogP contribution in [0.2, 0.25) is 0 Å². The Morgan fingerprint density at radius 2 is 2.07 bits per heavy atom. The van der Waals surface area contributed by atoms with Crippen molar-refractivity contribution in [1.82, 2.24) is 0 Å². The molecule has 0 aromatic carbocycles. The third kappa shape index (κ3) is 2.67. The van der Waals surface area contributed by atoms with Crippen LogP contribution < -0.4 is 0 Å². The molecule has 0 aromatic rings. The van der Waals surface area contributed by atoms with Crippen LogP contribution in [0.15, 0.2) is 36.0 Å². The minimum atomic E-state index is -1.03. The van der Waals surface area contributed by atoms with Gasteiger partial charge in [0.05, 0.1) is 5.60 Å². The largest absolute Gasteiger partial charge is 0.478 e. The van der Waals surface area contributed by atoms with Crippen molar-refractivity contribution >= 4 is 11.8 Å². The number of ketones is 1. The maximum absolute atomic E-state index is 11.9. The van der Waals surface area contributed by atoms with E-state index in [1.807, 2.05) is 6.08 Å². The van der Waals surface area contributed by atoms with E-state index in [0.717, 1.165) is 50.2 Å². The average Bonchev–Trinajstić information content (AvgIpc) is 2.94. The van der Waals surface area contributed by atoms with Crippen LogP contribution in [0.3, 0.4) is 0 Å². The van der Waals surface area contributed by atoms with Gasteiger partial charge in [0.2, 0.25) is 0 Å². The van der Waals surface area contributed by atoms with E-state index in [0.29, 0.717) is 36.5 Å². The molecule has 4 heteroatoms. The lowest BCUT2D eigenvalue weighted by Crippen LogP contribution is -2.53. The highest BCUT2D eigenvalue weighted by molar-refractivity contribution is 5.92. The zero-order valence-corrected chi connectivity index (χ0v) is 16.1. The maximum atomic E-state index is 11.9. The van der Waals surface area contributed by atoms with Crippen LogP contribution in [0.25, 0.3) is 0 Å². The zero-order valence-electron chi connectivity index (χ0n) is 16.1. The summed E-state index contributed by atoms with van der Waals surface area (Å²) in [5.74, 6) is 1.10. The van der Waals surface area contributed by atoms with E-state index in [1.165, 1.54) is 5.57 Å². The van der Waals surface area contributed by atoms with Crippen molar-refractivity contribution in [2.24, 2.45) is 29.1 Å². The molecule has 27 heavy (non-hydrogen) atoms. The molecule has 0 saturated heterocycles. The second-order valence-electron chi connectivity index (χ2n) is 9.14. The number of rotatable bonds is 3. The van der Waals surface area contributed by atoms with Crippen molar-refractivity contribution in [3.8, 4) is 0 Å². The number of hydrogen-bond donors (Lipinski definition) is 2. The Morgan fingerprint density at radius 1 is 1.30 bits per heavy atom. The highest BCUT2D eigenvalue weighted by Crippen LogP contribution is 2.66. The molecule has 0 amide bonds. The lowest BCUT2D eigenvalue weighted by atomic mass is 9.49. The summed E-state index contributed by atoms with van der Waals surface area (Å²) < 4.78 is 0. The van der Waals surface area contributed by atoms with E-state index in [-0.39, 0.29) is 11.2 Å². The van der Waals surface area contributed by atoms with Gasteiger partial charge in [-0.2, -0.15) is 0 Å². The first-order valence-corrected chi connectivity index (χ1v) is 10.4. The monoisotopic (exact) mass is 370 g/mol. The Kier molecular flexibility index (Phi) is 4.45. The Morgan fingerprint density at radius 3 is 2.78 bits per heavy atom. The van der Waals surface area contributed by atoms with Crippen molar-refractivity contribution in [3.05, 3.63) is 36.0 Å². The summed E-state index contributed by atoms with van der Waals surface area (Å²) in [7, 11) is 0. The molecular formula is C23H30O4. The van der Waals surface area contributed by atoms with Gasteiger partial charge in [-0.1, -0.05) is 19.1 Å². The molecule has 0 spiro atoms. The summed E-state index contributed by atoms with van der Waals surface area (Å²) in [6.07, 6.45) is 11.4.